The molecule has 2 heterocycles. The second kappa shape index (κ2) is 25.1. The molecule has 5 rings (SSSR count). The minimum Gasteiger partial charge on any atom is -0.469 e. The Morgan fingerprint density at radius 2 is 1.22 bits per heavy atom. The molecule has 4 unspecified atom stereocenters. The molecular weight excluding hydrogens is 762 g/mol. The molecule has 1 amide bonds. The van der Waals surface area contributed by atoms with Crippen LogP contribution in [0.15, 0.2) is 91.0 Å². The lowest BCUT2D eigenvalue weighted by Crippen LogP contribution is -2.68. The number of rotatable bonds is 24. The Hall–Kier alpha value is -3.80. The lowest BCUT2D eigenvalue weighted by atomic mass is 9.95. The zero-order valence-electron chi connectivity index (χ0n) is 36.7. The topological polar surface area (TPSA) is 181 Å². The van der Waals surface area contributed by atoms with Crippen molar-refractivity contribution in [2.45, 2.75) is 133 Å². The third-order valence-electron chi connectivity index (χ3n) is 10.0. The van der Waals surface area contributed by atoms with E-state index < -0.39 is 93.6 Å². The summed E-state index contributed by atoms with van der Waals surface area (Å²) in [7, 11) is 1.37. The third-order valence-corrected chi connectivity index (χ3v) is 10.0. The van der Waals surface area contributed by atoms with Gasteiger partial charge in [-0.3, -0.25) is 9.59 Å². The van der Waals surface area contributed by atoms with Crippen LogP contribution in [0.5, 0.6) is 0 Å². The number of nitrogens with one attached hydrogen (secondary N) is 1. The molecule has 4 N–H and O–H groups in total. The molecule has 324 valence electrons. The lowest BCUT2D eigenvalue weighted by Gasteiger charge is -2.49. The van der Waals surface area contributed by atoms with E-state index >= 15 is 0 Å². The summed E-state index contributed by atoms with van der Waals surface area (Å²) in [6.07, 6.45) is -7.28. The third kappa shape index (κ3) is 14.7. The van der Waals surface area contributed by atoms with Gasteiger partial charge in [-0.2, -0.15) is 0 Å². The number of esters is 1. The molecule has 0 aromatic heterocycles. The summed E-state index contributed by atoms with van der Waals surface area (Å²) in [4.78, 5) is 23.9. The molecule has 3 aromatic rings. The molecule has 59 heavy (non-hydrogen) atoms. The van der Waals surface area contributed by atoms with Gasteiger partial charge < -0.3 is 58.5 Å². The van der Waals surface area contributed by atoms with Gasteiger partial charge >= 0.3 is 5.97 Å². The molecule has 2 saturated heterocycles. The summed E-state index contributed by atoms with van der Waals surface area (Å²) in [5.41, 5.74) is 1.57. The van der Waals surface area contributed by atoms with E-state index in [2.05, 4.69) is 5.32 Å². The number of hydrogen-bond donors (Lipinski definition) is 4. The minimum atomic E-state index is -1.64. The van der Waals surface area contributed by atoms with Gasteiger partial charge in [-0.15, -0.1) is 0 Å². The van der Waals surface area contributed by atoms with Crippen LogP contribution in [0.4, 0.5) is 0 Å². The highest BCUT2D eigenvalue weighted by Gasteiger charge is 2.53. The molecule has 14 heteroatoms. The highest BCUT2D eigenvalue weighted by atomic mass is 16.8. The summed E-state index contributed by atoms with van der Waals surface area (Å²) < 4.78 is 76.8. The van der Waals surface area contributed by atoms with E-state index in [-0.39, 0.29) is 19.2 Å². The van der Waals surface area contributed by atoms with Gasteiger partial charge in [0, 0.05) is 20.0 Å². The second-order valence-electron chi connectivity index (χ2n) is 14.5. The van der Waals surface area contributed by atoms with Crippen LogP contribution in [-0.2, 0) is 67.2 Å². The van der Waals surface area contributed by atoms with Gasteiger partial charge in [0.2, 0.25) is 5.91 Å². The Morgan fingerprint density at radius 3 is 1.80 bits per heavy atom. The SMILES string of the molecule is [2H]C(OC[C@H]1OC(OCCCCCCCCC(=O)OC)[C@@H](O[C@H]2O[C@H](CO)[C@@H](O)[C@H](O)[C@@H]2NC(C)=O)[C@@H](OC([2H])c2ccccc2)[C@@H]1OC([2H])c1ccccc1)c1ccccc1. The first kappa shape index (κ1) is 41.9. The molecule has 0 bridgehead atoms. The highest BCUT2D eigenvalue weighted by molar-refractivity contribution is 5.73. The number of aliphatic hydroxyl groups is 3. The average Bonchev–Trinajstić information content (AvgIpc) is 3.29. The van der Waals surface area contributed by atoms with Crippen LogP contribution in [0.3, 0.4) is 0 Å². The predicted molar refractivity (Wildman–Crippen MR) is 215 cm³/mol. The monoisotopic (exact) mass is 826 g/mol. The Labute approximate surface area is 351 Å². The first-order chi connectivity index (χ1) is 30.0. The normalized spacial score (nSPS) is 29.3. The summed E-state index contributed by atoms with van der Waals surface area (Å²) in [6, 6.07) is 25.1. The summed E-state index contributed by atoms with van der Waals surface area (Å²) >= 11 is 0. The number of amides is 1. The lowest BCUT2D eigenvalue weighted by molar-refractivity contribution is -0.364. The van der Waals surface area contributed by atoms with Gasteiger partial charge in [0.05, 0.1) is 44.2 Å². The fourth-order valence-corrected chi connectivity index (χ4v) is 6.88. The maximum Gasteiger partial charge on any atom is 0.305 e. The van der Waals surface area contributed by atoms with Gasteiger partial charge in [0.15, 0.2) is 12.6 Å². The molecule has 0 spiro atoms. The number of carbonyl (C=O) groups is 2. The molecule has 0 aliphatic carbocycles. The Bertz CT molecular complexity index is 1740. The van der Waals surface area contributed by atoms with Gasteiger partial charge in [-0.1, -0.05) is 117 Å². The number of unbranched alkanes of at least 4 members (excludes halogenated alkanes) is 5. The molecule has 2 aliphatic heterocycles. The maximum absolute atomic E-state index is 12.4. The van der Waals surface area contributed by atoms with Crippen molar-refractivity contribution < 1.29 is 66.9 Å². The van der Waals surface area contributed by atoms with Gasteiger partial charge in [-0.05, 0) is 29.5 Å². The van der Waals surface area contributed by atoms with Crippen LogP contribution in [0.25, 0.3) is 0 Å². The summed E-state index contributed by atoms with van der Waals surface area (Å²) in [5, 5.41) is 34.7. The minimum absolute atomic E-state index is 0.166. The van der Waals surface area contributed by atoms with Crippen LogP contribution < -0.4 is 5.32 Å². The van der Waals surface area contributed by atoms with Gasteiger partial charge in [-0.25, -0.2) is 0 Å². The maximum atomic E-state index is 12.4. The Morgan fingerprint density at radius 1 is 0.678 bits per heavy atom. The van der Waals surface area contributed by atoms with Crippen molar-refractivity contribution in [2.75, 3.05) is 26.9 Å². The van der Waals surface area contributed by atoms with Crippen molar-refractivity contribution in [3.63, 3.8) is 0 Å². The molecular formula is C45H61NO13. The number of aliphatic hydroxyl groups excluding tert-OH is 3. The highest BCUT2D eigenvalue weighted by Crippen LogP contribution is 2.34. The molecule has 14 nitrogen and oxygen atoms in total. The number of methoxy groups -OCH3 is 1. The van der Waals surface area contributed by atoms with Gasteiger partial charge in [0.1, 0.15) is 48.8 Å². The molecule has 0 radical (unpaired) electrons. The summed E-state index contributed by atoms with van der Waals surface area (Å²) in [6.45, 7) is -3.33. The largest absolute Gasteiger partial charge is 0.469 e. The Kier molecular flexibility index (Phi) is 17.8. The summed E-state index contributed by atoms with van der Waals surface area (Å²) in [5.74, 6) is -0.804. The van der Waals surface area contributed by atoms with Crippen LogP contribution in [-0.4, -0.2) is 115 Å². The fraction of sp³-hybridized carbons (Fsp3) is 0.556. The molecule has 13 atom stereocenters. The number of hydrogen-bond acceptors (Lipinski definition) is 13. The van der Waals surface area contributed by atoms with E-state index in [1.165, 1.54) is 14.0 Å². The smallest absolute Gasteiger partial charge is 0.305 e. The van der Waals surface area contributed by atoms with Crippen LogP contribution >= 0.6 is 0 Å². The molecule has 2 fully saturated rings. The van der Waals surface area contributed by atoms with Crippen molar-refractivity contribution >= 4 is 11.9 Å². The quantitative estimate of drug-likeness (QED) is 0.0741. The standard InChI is InChI=1S/C45H61NO13/c1-31(48)46-38-40(51)39(50)35(26-47)57-44(38)59-43-42(56-29-34-22-14-9-15-23-34)41(55-28-33-20-12-8-13-21-33)36(30-53-27-32-18-10-7-11-19-32)58-45(43)54-25-17-6-4-3-5-16-24-37(49)52-2/h7-15,18-23,35-36,38-45,47,50-51H,3-6,16-17,24-30H2,1-2H3,(H,46,48)/t35-,36-,38+,39-,40-,41-,42+,43+,44-,45?/m1/s1/i27D,28D,29D/t27?,28?,29?,35-,36-,38+,39-,40-,41-,42+,43+,44-,45?. The first-order valence-corrected chi connectivity index (χ1v) is 20.2. The Balaban J connectivity index is 1.50. The van der Waals surface area contributed by atoms with E-state index in [0.717, 1.165) is 32.1 Å². The van der Waals surface area contributed by atoms with E-state index in [9.17, 15) is 26.3 Å². The fourth-order valence-electron chi connectivity index (χ4n) is 6.88. The van der Waals surface area contributed by atoms with Crippen LogP contribution in [0.1, 0.15) is 72.7 Å². The molecule has 0 saturated carbocycles. The van der Waals surface area contributed by atoms with Crippen LogP contribution in [0, 0.1) is 0 Å². The van der Waals surface area contributed by atoms with E-state index in [1.54, 1.807) is 78.9 Å². The van der Waals surface area contributed by atoms with Crippen molar-refractivity contribution in [3.05, 3.63) is 108 Å². The van der Waals surface area contributed by atoms with Crippen molar-refractivity contribution in [1.82, 2.24) is 5.32 Å². The van der Waals surface area contributed by atoms with Crippen LogP contribution in [0.2, 0.25) is 0 Å². The molecule has 2 aliphatic rings. The predicted octanol–water partition coefficient (Wildman–Crippen LogP) is 4.35. The van der Waals surface area contributed by atoms with E-state index in [1.807, 2.05) is 12.1 Å². The number of ether oxygens (including phenoxy) is 8. The zero-order chi connectivity index (χ0) is 44.4. The van der Waals surface area contributed by atoms with Crippen molar-refractivity contribution in [3.8, 4) is 0 Å². The second-order valence-corrected chi connectivity index (χ2v) is 14.5. The number of carbonyl (C=O) groups excluding carboxylic acids is 2. The first-order valence-electron chi connectivity index (χ1n) is 22.0. The van der Waals surface area contributed by atoms with Crippen molar-refractivity contribution in [1.29, 1.82) is 0 Å². The molecule has 3 aromatic carbocycles. The van der Waals surface area contributed by atoms with E-state index in [4.69, 9.17) is 40.6 Å². The van der Waals surface area contributed by atoms with E-state index in [0.29, 0.717) is 29.5 Å². The average molecular weight is 827 g/mol. The zero-order valence-corrected chi connectivity index (χ0v) is 33.7. The van der Waals surface area contributed by atoms with Crippen molar-refractivity contribution in [2.24, 2.45) is 0 Å². The van der Waals surface area contributed by atoms with Gasteiger partial charge in [0.25, 0.3) is 0 Å². The number of benzene rings is 3.